The van der Waals surface area contributed by atoms with Gasteiger partial charge in [-0.2, -0.15) is 0 Å². The number of carboxylic acid groups (broad SMARTS) is 1. The maximum atomic E-state index is 13.2. The molecule has 0 saturated carbocycles. The lowest BCUT2D eigenvalue weighted by Gasteiger charge is -2.24. The van der Waals surface area contributed by atoms with E-state index in [1.165, 1.54) is 16.8 Å². The van der Waals surface area contributed by atoms with Gasteiger partial charge in [0, 0.05) is 17.8 Å². The van der Waals surface area contributed by atoms with E-state index in [2.05, 4.69) is 15.6 Å². The predicted molar refractivity (Wildman–Crippen MR) is 138 cm³/mol. The Morgan fingerprint density at radius 3 is 2.28 bits per heavy atom. The van der Waals surface area contributed by atoms with Crippen LogP contribution in [0.15, 0.2) is 66.2 Å². The summed E-state index contributed by atoms with van der Waals surface area (Å²) in [4.78, 5) is 41.8. The molecule has 0 bridgehead atoms. The largest absolute Gasteiger partial charge is 0.476 e. The number of rotatable bonds is 14. The quantitative estimate of drug-likeness (QED) is 0.286. The number of carbonyl (C=O) groups is 3. The zero-order valence-corrected chi connectivity index (χ0v) is 21.0. The molecule has 9 heteroatoms. The number of aromatic nitrogens is 1. The number of benzene rings is 2. The first kappa shape index (κ1) is 27.0. The molecule has 3 N–H and O–H groups in total. The Morgan fingerprint density at radius 2 is 1.64 bits per heavy atom. The first-order chi connectivity index (χ1) is 17.5. The van der Waals surface area contributed by atoms with Gasteiger partial charge in [0.15, 0.2) is 5.69 Å². The van der Waals surface area contributed by atoms with Crippen molar-refractivity contribution in [2.45, 2.75) is 44.7 Å². The summed E-state index contributed by atoms with van der Waals surface area (Å²) >= 11 is 1.25. The van der Waals surface area contributed by atoms with Gasteiger partial charge >= 0.3 is 11.9 Å². The number of ether oxygens (including phenoxy) is 1. The van der Waals surface area contributed by atoms with Crippen molar-refractivity contribution in [2.24, 2.45) is 0 Å². The highest BCUT2D eigenvalue weighted by Crippen LogP contribution is 2.14. The third-order valence-electron chi connectivity index (χ3n) is 5.63. The van der Waals surface area contributed by atoms with Crippen LogP contribution < -0.4 is 10.6 Å². The Balaban J connectivity index is 1.70. The Hall–Kier alpha value is -3.56. The van der Waals surface area contributed by atoms with Crippen molar-refractivity contribution in [1.82, 2.24) is 15.6 Å². The summed E-state index contributed by atoms with van der Waals surface area (Å²) in [6.45, 7) is 2.26. The fourth-order valence-corrected chi connectivity index (χ4v) is 4.59. The maximum absolute atomic E-state index is 13.2. The molecule has 190 valence electrons. The van der Waals surface area contributed by atoms with E-state index >= 15 is 0 Å². The average molecular weight is 510 g/mol. The molecular formula is C27H31N3O5S. The summed E-state index contributed by atoms with van der Waals surface area (Å²) in [5.74, 6) is -1.75. The molecular weight excluding hydrogens is 478 g/mol. The number of carboxylic acids is 1. The minimum atomic E-state index is -1.09. The van der Waals surface area contributed by atoms with E-state index in [9.17, 15) is 19.5 Å². The van der Waals surface area contributed by atoms with Gasteiger partial charge in [-0.05, 0) is 37.3 Å². The second kappa shape index (κ2) is 14.1. The molecule has 8 nitrogen and oxygen atoms in total. The van der Waals surface area contributed by atoms with E-state index in [0.717, 1.165) is 11.1 Å². The number of carbonyl (C=O) groups excluding carboxylic acids is 2. The Labute approximate surface area is 214 Å². The number of esters is 1. The van der Waals surface area contributed by atoms with Crippen LogP contribution in [-0.2, 0) is 33.6 Å². The molecule has 1 amide bonds. The molecule has 3 rings (SSSR count). The first-order valence-electron chi connectivity index (χ1n) is 11.9. The molecule has 3 aromatic rings. The average Bonchev–Trinajstić information content (AvgIpc) is 3.36. The zero-order valence-electron chi connectivity index (χ0n) is 20.2. The lowest BCUT2D eigenvalue weighted by Crippen LogP contribution is -2.52. The van der Waals surface area contributed by atoms with Crippen LogP contribution in [0.5, 0.6) is 0 Å². The van der Waals surface area contributed by atoms with Crippen LogP contribution >= 0.6 is 11.3 Å². The number of nitrogens with zero attached hydrogens (tertiary/aromatic N) is 1. The molecule has 1 heterocycles. The lowest BCUT2D eigenvalue weighted by molar-refractivity contribution is -0.146. The summed E-state index contributed by atoms with van der Waals surface area (Å²) in [6, 6.07) is 18.1. The first-order valence-corrected chi connectivity index (χ1v) is 12.8. The van der Waals surface area contributed by atoms with Gasteiger partial charge in [0.1, 0.15) is 6.04 Å². The van der Waals surface area contributed by atoms with Crippen molar-refractivity contribution in [2.75, 3.05) is 13.2 Å². The number of aryl methyl sites for hydroxylation is 1. The van der Waals surface area contributed by atoms with Crippen LogP contribution in [0.4, 0.5) is 0 Å². The molecule has 2 atom stereocenters. The highest BCUT2D eigenvalue weighted by atomic mass is 32.1. The van der Waals surface area contributed by atoms with Crippen molar-refractivity contribution < 1.29 is 24.2 Å². The van der Waals surface area contributed by atoms with Gasteiger partial charge < -0.3 is 15.2 Å². The Kier molecular flexibility index (Phi) is 10.6. The van der Waals surface area contributed by atoms with Gasteiger partial charge in [-0.3, -0.25) is 14.9 Å². The fourth-order valence-electron chi connectivity index (χ4n) is 3.83. The summed E-state index contributed by atoms with van der Waals surface area (Å²) in [6.07, 6.45) is 1.87. The van der Waals surface area contributed by atoms with Gasteiger partial charge in [0.25, 0.3) is 0 Å². The number of aromatic carboxylic acids is 1. The van der Waals surface area contributed by atoms with Crippen molar-refractivity contribution in [1.29, 1.82) is 0 Å². The molecule has 1 aromatic heterocycles. The summed E-state index contributed by atoms with van der Waals surface area (Å²) < 4.78 is 5.29. The maximum Gasteiger partial charge on any atom is 0.355 e. The molecule has 0 saturated heterocycles. The number of hydrogen-bond acceptors (Lipinski definition) is 7. The Morgan fingerprint density at radius 1 is 0.972 bits per heavy atom. The molecule has 0 aliphatic carbocycles. The zero-order chi connectivity index (χ0) is 25.8. The summed E-state index contributed by atoms with van der Waals surface area (Å²) in [7, 11) is 0. The highest BCUT2D eigenvalue weighted by molar-refractivity contribution is 7.09. The van der Waals surface area contributed by atoms with Gasteiger partial charge in [0.05, 0.1) is 18.2 Å². The van der Waals surface area contributed by atoms with E-state index in [-0.39, 0.29) is 24.8 Å². The van der Waals surface area contributed by atoms with E-state index in [1.54, 1.807) is 6.92 Å². The van der Waals surface area contributed by atoms with Crippen LogP contribution in [0.2, 0.25) is 0 Å². The lowest BCUT2D eigenvalue weighted by atomic mass is 10.0. The molecule has 0 spiro atoms. The summed E-state index contributed by atoms with van der Waals surface area (Å²) in [5, 5.41) is 15.4. The standard InChI is InChI=1S/C27H31N3O5S/c1-2-35-27(34)21(14-13-19-9-5-3-6-10-19)30-22(17-20-11-7-4-8-12-20)25(31)28-16-15-23-24(26(32)33)29-18-36-23/h3-12,18,21-22,30H,2,13-17H2,1H3,(H,28,31)(H,32,33)/t21-,22-/m0/s1. The minimum Gasteiger partial charge on any atom is -0.476 e. The van der Waals surface area contributed by atoms with Crippen LogP contribution in [0.1, 0.15) is 39.8 Å². The van der Waals surface area contributed by atoms with Crippen molar-refractivity contribution >= 4 is 29.2 Å². The van der Waals surface area contributed by atoms with Crippen LogP contribution in [-0.4, -0.2) is 53.2 Å². The second-order valence-corrected chi connectivity index (χ2v) is 9.15. The third kappa shape index (κ3) is 8.28. The van der Waals surface area contributed by atoms with Gasteiger partial charge in [-0.25, -0.2) is 9.78 Å². The van der Waals surface area contributed by atoms with Gasteiger partial charge in [-0.15, -0.1) is 11.3 Å². The SMILES string of the molecule is CCOC(=O)[C@H](CCc1ccccc1)N[C@@H](Cc1ccccc1)C(=O)NCCc1scnc1C(=O)O. The third-order valence-corrected chi connectivity index (χ3v) is 6.52. The Bertz CT molecular complexity index is 1120. The molecule has 0 unspecified atom stereocenters. The second-order valence-electron chi connectivity index (χ2n) is 8.21. The number of hydrogen-bond donors (Lipinski definition) is 3. The van der Waals surface area contributed by atoms with E-state index in [0.29, 0.717) is 30.6 Å². The number of amides is 1. The van der Waals surface area contributed by atoms with E-state index in [1.807, 2.05) is 60.7 Å². The van der Waals surface area contributed by atoms with Crippen LogP contribution in [0, 0.1) is 0 Å². The van der Waals surface area contributed by atoms with Crippen molar-refractivity contribution in [3.05, 3.63) is 87.9 Å². The smallest absolute Gasteiger partial charge is 0.355 e. The minimum absolute atomic E-state index is 0.0106. The molecule has 0 aliphatic rings. The summed E-state index contributed by atoms with van der Waals surface area (Å²) in [5.41, 5.74) is 3.54. The molecule has 36 heavy (non-hydrogen) atoms. The van der Waals surface area contributed by atoms with Crippen molar-refractivity contribution in [3.63, 3.8) is 0 Å². The van der Waals surface area contributed by atoms with E-state index < -0.39 is 24.0 Å². The number of nitrogens with one attached hydrogen (secondary N) is 2. The highest BCUT2D eigenvalue weighted by Gasteiger charge is 2.27. The molecule has 0 fully saturated rings. The number of thiazole rings is 1. The van der Waals surface area contributed by atoms with Crippen LogP contribution in [0.25, 0.3) is 0 Å². The monoisotopic (exact) mass is 509 g/mol. The van der Waals surface area contributed by atoms with Gasteiger partial charge in [0.2, 0.25) is 5.91 Å². The van der Waals surface area contributed by atoms with Crippen molar-refractivity contribution in [3.8, 4) is 0 Å². The molecule has 0 aliphatic heterocycles. The van der Waals surface area contributed by atoms with Gasteiger partial charge in [-0.1, -0.05) is 60.7 Å². The van der Waals surface area contributed by atoms with E-state index in [4.69, 9.17) is 4.74 Å². The topological polar surface area (TPSA) is 118 Å². The fraction of sp³-hybridized carbons (Fsp3) is 0.333. The molecule has 2 aromatic carbocycles. The normalized spacial score (nSPS) is 12.5. The molecule has 0 radical (unpaired) electrons. The predicted octanol–water partition coefficient (Wildman–Crippen LogP) is 3.27. The van der Waals surface area contributed by atoms with Crippen LogP contribution in [0.3, 0.4) is 0 Å².